The van der Waals surface area contributed by atoms with Crippen LogP contribution in [0.5, 0.6) is 0 Å². The van der Waals surface area contributed by atoms with Gasteiger partial charge in [-0.1, -0.05) is 30.5 Å². The molecule has 0 amide bonds. The summed E-state index contributed by atoms with van der Waals surface area (Å²) in [6.07, 6.45) is 5.02. The highest BCUT2D eigenvalue weighted by atomic mass is 32.2. The monoisotopic (exact) mass is 324 g/mol. The molecule has 0 radical (unpaired) electrons. The third kappa shape index (κ3) is 3.21. The maximum absolute atomic E-state index is 12.2. The predicted octanol–water partition coefficient (Wildman–Crippen LogP) is 2.34. The van der Waals surface area contributed by atoms with E-state index in [1.807, 2.05) is 6.92 Å². The molecule has 3 rings (SSSR count). The first-order valence-electron chi connectivity index (χ1n) is 7.37. The van der Waals surface area contributed by atoms with Crippen molar-refractivity contribution in [1.29, 1.82) is 0 Å². The van der Waals surface area contributed by atoms with Gasteiger partial charge in [-0.25, -0.2) is 8.42 Å². The lowest BCUT2D eigenvalue weighted by molar-refractivity contribution is 0.480. The van der Waals surface area contributed by atoms with E-state index in [4.69, 9.17) is 12.2 Å². The topological polar surface area (TPSA) is 58.2 Å². The molecule has 0 aromatic heterocycles. The largest absolute Gasteiger partial charge is 0.359 e. The molecular weight excluding hydrogens is 304 g/mol. The van der Waals surface area contributed by atoms with Gasteiger partial charge in [0.25, 0.3) is 10.0 Å². The molecule has 2 saturated carbocycles. The highest BCUT2D eigenvalue weighted by Crippen LogP contribution is 2.49. The lowest BCUT2D eigenvalue weighted by Crippen LogP contribution is -2.41. The van der Waals surface area contributed by atoms with Gasteiger partial charge in [0.05, 0.1) is 4.90 Å². The fraction of sp³-hybridized carbons (Fsp3) is 0.533. The van der Waals surface area contributed by atoms with Gasteiger partial charge in [0.2, 0.25) is 0 Å². The van der Waals surface area contributed by atoms with E-state index < -0.39 is 10.0 Å². The summed E-state index contributed by atoms with van der Waals surface area (Å²) < 4.78 is 26.9. The standard InChI is InChI=1S/C15H20N2O2S2/c1-10-6-8-11(9-7-10)21(18,19)17-15(20)16-14-12-4-2-3-5-13(12)14/h6-9,12-14H,2-5H2,1H3,(H2,16,17,20). The summed E-state index contributed by atoms with van der Waals surface area (Å²) in [5.41, 5.74) is 1.02. The van der Waals surface area contributed by atoms with Crippen LogP contribution < -0.4 is 10.0 Å². The Morgan fingerprint density at radius 3 is 2.29 bits per heavy atom. The van der Waals surface area contributed by atoms with E-state index in [0.29, 0.717) is 17.9 Å². The van der Waals surface area contributed by atoms with Crippen LogP contribution in [-0.2, 0) is 10.0 Å². The quantitative estimate of drug-likeness (QED) is 0.838. The summed E-state index contributed by atoms with van der Waals surface area (Å²) in [5.74, 6) is 1.36. The van der Waals surface area contributed by atoms with Gasteiger partial charge < -0.3 is 5.32 Å². The number of fused-ring (bicyclic) bond motifs is 1. The van der Waals surface area contributed by atoms with Gasteiger partial charge in [-0.3, -0.25) is 4.72 Å². The molecule has 2 atom stereocenters. The van der Waals surface area contributed by atoms with Crippen LogP contribution in [0.2, 0.25) is 0 Å². The van der Waals surface area contributed by atoms with E-state index in [9.17, 15) is 8.42 Å². The van der Waals surface area contributed by atoms with Crippen molar-refractivity contribution in [3.63, 3.8) is 0 Å². The van der Waals surface area contributed by atoms with Gasteiger partial charge in [0, 0.05) is 6.04 Å². The van der Waals surface area contributed by atoms with E-state index >= 15 is 0 Å². The van der Waals surface area contributed by atoms with Crippen LogP contribution in [0.25, 0.3) is 0 Å². The van der Waals surface area contributed by atoms with Crippen LogP contribution in [0.1, 0.15) is 31.2 Å². The average molecular weight is 324 g/mol. The lowest BCUT2D eigenvalue weighted by Gasteiger charge is -2.11. The Morgan fingerprint density at radius 2 is 1.71 bits per heavy atom. The van der Waals surface area contributed by atoms with E-state index in [1.54, 1.807) is 24.3 Å². The molecule has 114 valence electrons. The van der Waals surface area contributed by atoms with E-state index in [1.165, 1.54) is 25.7 Å². The highest BCUT2D eigenvalue weighted by Gasteiger charge is 2.51. The molecule has 2 N–H and O–H groups in total. The Hall–Kier alpha value is -1.14. The maximum Gasteiger partial charge on any atom is 0.263 e. The molecule has 0 saturated heterocycles. The first kappa shape index (κ1) is 14.8. The zero-order valence-corrected chi connectivity index (χ0v) is 13.6. The second-order valence-corrected chi connectivity index (χ2v) is 8.12. The average Bonchev–Trinajstić information content (AvgIpc) is 3.12. The number of rotatable bonds is 3. The molecule has 2 aliphatic rings. The number of benzene rings is 1. The first-order valence-corrected chi connectivity index (χ1v) is 9.26. The second-order valence-electron chi connectivity index (χ2n) is 6.03. The first-order chi connectivity index (χ1) is 9.97. The van der Waals surface area contributed by atoms with Gasteiger partial charge in [0.1, 0.15) is 0 Å². The fourth-order valence-electron chi connectivity index (χ4n) is 3.29. The van der Waals surface area contributed by atoms with Crippen molar-refractivity contribution in [1.82, 2.24) is 10.0 Å². The number of thiocarbonyl (C=S) groups is 1. The number of aryl methyl sites for hydroxylation is 1. The number of sulfonamides is 1. The zero-order valence-electron chi connectivity index (χ0n) is 12.0. The van der Waals surface area contributed by atoms with Crippen molar-refractivity contribution in [2.45, 2.75) is 43.5 Å². The molecule has 1 aromatic rings. The van der Waals surface area contributed by atoms with Gasteiger partial charge in [0.15, 0.2) is 5.11 Å². The van der Waals surface area contributed by atoms with Crippen LogP contribution in [-0.4, -0.2) is 19.6 Å². The molecular formula is C15H20N2O2S2. The van der Waals surface area contributed by atoms with Gasteiger partial charge in [-0.2, -0.15) is 0 Å². The van der Waals surface area contributed by atoms with Crippen LogP contribution >= 0.6 is 12.2 Å². The minimum atomic E-state index is -3.58. The molecule has 0 heterocycles. The third-order valence-corrected chi connectivity index (χ3v) is 6.23. The summed E-state index contributed by atoms with van der Waals surface area (Å²) >= 11 is 5.16. The van der Waals surface area contributed by atoms with Crippen LogP contribution in [0, 0.1) is 18.8 Å². The van der Waals surface area contributed by atoms with Crippen molar-refractivity contribution < 1.29 is 8.42 Å². The molecule has 0 aliphatic heterocycles. The minimum Gasteiger partial charge on any atom is -0.359 e. The molecule has 2 fully saturated rings. The normalized spacial score (nSPS) is 27.6. The van der Waals surface area contributed by atoms with Crippen molar-refractivity contribution in [3.8, 4) is 0 Å². The van der Waals surface area contributed by atoms with Gasteiger partial charge in [-0.15, -0.1) is 0 Å². The van der Waals surface area contributed by atoms with Crippen LogP contribution in [0.15, 0.2) is 29.2 Å². The van der Waals surface area contributed by atoms with E-state index in [-0.39, 0.29) is 10.0 Å². The summed E-state index contributed by atoms with van der Waals surface area (Å²) in [6.45, 7) is 1.92. The summed E-state index contributed by atoms with van der Waals surface area (Å²) in [5, 5.41) is 3.39. The summed E-state index contributed by atoms with van der Waals surface area (Å²) in [6, 6.07) is 7.11. The summed E-state index contributed by atoms with van der Waals surface area (Å²) in [7, 11) is -3.58. The van der Waals surface area contributed by atoms with E-state index in [2.05, 4.69) is 10.0 Å². The molecule has 0 bridgehead atoms. The lowest BCUT2D eigenvalue weighted by atomic mass is 10.0. The van der Waals surface area contributed by atoms with E-state index in [0.717, 1.165) is 5.56 Å². The molecule has 4 nitrogen and oxygen atoms in total. The Kier molecular flexibility index (Phi) is 3.92. The highest BCUT2D eigenvalue weighted by molar-refractivity contribution is 7.91. The Morgan fingerprint density at radius 1 is 1.14 bits per heavy atom. The van der Waals surface area contributed by atoms with Crippen LogP contribution in [0.3, 0.4) is 0 Å². The minimum absolute atomic E-state index is 0.218. The fourth-order valence-corrected chi connectivity index (χ4v) is 4.67. The molecule has 0 spiro atoms. The zero-order chi connectivity index (χ0) is 15.0. The summed E-state index contributed by atoms with van der Waals surface area (Å²) in [4.78, 5) is 0.241. The van der Waals surface area contributed by atoms with Gasteiger partial charge in [-0.05, 0) is 56.0 Å². The predicted molar refractivity (Wildman–Crippen MR) is 86.5 cm³/mol. The van der Waals surface area contributed by atoms with Crippen molar-refractivity contribution in [3.05, 3.63) is 29.8 Å². The Labute approximate surface area is 131 Å². The Balaban J connectivity index is 1.60. The van der Waals surface area contributed by atoms with Crippen molar-refractivity contribution >= 4 is 27.4 Å². The molecule has 6 heteroatoms. The van der Waals surface area contributed by atoms with Gasteiger partial charge >= 0.3 is 0 Å². The third-order valence-electron chi connectivity index (χ3n) is 4.51. The van der Waals surface area contributed by atoms with Crippen molar-refractivity contribution in [2.24, 2.45) is 11.8 Å². The Bertz CT molecular complexity index is 628. The maximum atomic E-state index is 12.2. The SMILES string of the molecule is Cc1ccc(S(=O)(=O)NC(=S)NC2C3CCCCC32)cc1. The number of hydrogen-bond acceptors (Lipinski definition) is 3. The number of nitrogens with one attached hydrogen (secondary N) is 2. The molecule has 2 unspecified atom stereocenters. The van der Waals surface area contributed by atoms with Crippen LogP contribution in [0.4, 0.5) is 0 Å². The second kappa shape index (κ2) is 5.57. The number of hydrogen-bond donors (Lipinski definition) is 2. The molecule has 21 heavy (non-hydrogen) atoms. The molecule has 2 aliphatic carbocycles. The smallest absolute Gasteiger partial charge is 0.263 e. The van der Waals surface area contributed by atoms with Crippen molar-refractivity contribution in [2.75, 3.05) is 0 Å². The molecule has 1 aromatic carbocycles.